The molecule has 1 aromatic carbocycles. The highest BCUT2D eigenvalue weighted by Crippen LogP contribution is 2.11. The molecule has 4 nitrogen and oxygen atoms in total. The molecule has 5 heteroatoms. The van der Waals surface area contributed by atoms with E-state index >= 15 is 0 Å². The standard InChI is InChI=1S/C10H10BrN3O/c11-9-5-3-8(4-6-9)2-1-7-13-14-10(12)15/h1-7H,(H3,12,14,15)/b2-1+,13-7+. The van der Waals surface area contributed by atoms with E-state index < -0.39 is 6.03 Å². The van der Waals surface area contributed by atoms with Crippen molar-refractivity contribution >= 4 is 34.3 Å². The summed E-state index contributed by atoms with van der Waals surface area (Å²) in [6.45, 7) is 0. The van der Waals surface area contributed by atoms with E-state index in [1.807, 2.05) is 30.3 Å². The Kier molecular flexibility index (Phi) is 4.56. The van der Waals surface area contributed by atoms with E-state index in [9.17, 15) is 4.79 Å². The highest BCUT2D eigenvalue weighted by atomic mass is 79.9. The minimum Gasteiger partial charge on any atom is -0.350 e. The number of carbonyl (C=O) groups excluding carboxylic acids is 1. The number of primary amides is 1. The summed E-state index contributed by atoms with van der Waals surface area (Å²) in [6.07, 6.45) is 5.02. The lowest BCUT2D eigenvalue weighted by Gasteiger charge is -1.92. The second kappa shape index (κ2) is 5.98. The first-order chi connectivity index (χ1) is 7.18. The number of urea groups is 1. The van der Waals surface area contributed by atoms with Crippen molar-refractivity contribution < 1.29 is 4.79 Å². The molecule has 78 valence electrons. The van der Waals surface area contributed by atoms with Gasteiger partial charge in [-0.25, -0.2) is 10.2 Å². The van der Waals surface area contributed by atoms with Crippen LogP contribution in [0.2, 0.25) is 0 Å². The molecule has 0 atom stereocenters. The molecule has 2 amide bonds. The van der Waals surface area contributed by atoms with Gasteiger partial charge in [0.25, 0.3) is 0 Å². The number of rotatable bonds is 3. The smallest absolute Gasteiger partial charge is 0.332 e. The van der Waals surface area contributed by atoms with Crippen LogP contribution in [0.3, 0.4) is 0 Å². The zero-order valence-electron chi connectivity index (χ0n) is 7.85. The fourth-order valence-electron chi connectivity index (χ4n) is 0.872. The number of nitrogens with two attached hydrogens (primary N) is 1. The molecular formula is C10H10BrN3O. The molecule has 0 saturated heterocycles. The summed E-state index contributed by atoms with van der Waals surface area (Å²) >= 11 is 3.34. The van der Waals surface area contributed by atoms with Crippen LogP contribution in [0, 0.1) is 0 Å². The summed E-state index contributed by atoms with van der Waals surface area (Å²) < 4.78 is 1.03. The first-order valence-electron chi connectivity index (χ1n) is 4.19. The molecule has 1 rings (SSSR count). The predicted octanol–water partition coefficient (Wildman–Crippen LogP) is 2.12. The van der Waals surface area contributed by atoms with Gasteiger partial charge < -0.3 is 5.73 Å². The Morgan fingerprint density at radius 2 is 2.07 bits per heavy atom. The fourth-order valence-corrected chi connectivity index (χ4v) is 1.14. The van der Waals surface area contributed by atoms with E-state index in [-0.39, 0.29) is 0 Å². The van der Waals surface area contributed by atoms with Crippen molar-refractivity contribution in [2.24, 2.45) is 10.8 Å². The second-order valence-electron chi connectivity index (χ2n) is 2.66. The number of nitrogens with zero attached hydrogens (tertiary/aromatic N) is 1. The molecule has 0 aromatic heterocycles. The number of nitrogens with one attached hydrogen (secondary N) is 1. The number of amides is 2. The minimum atomic E-state index is -0.678. The van der Waals surface area contributed by atoms with E-state index in [0.717, 1.165) is 10.0 Å². The summed E-state index contributed by atoms with van der Waals surface area (Å²) in [5, 5.41) is 3.56. The molecule has 0 bridgehead atoms. The van der Waals surface area contributed by atoms with Crippen LogP contribution in [-0.2, 0) is 0 Å². The maximum Gasteiger partial charge on any atom is 0.332 e. The summed E-state index contributed by atoms with van der Waals surface area (Å²) in [5.41, 5.74) is 7.94. The molecule has 0 unspecified atom stereocenters. The van der Waals surface area contributed by atoms with Gasteiger partial charge in [-0.2, -0.15) is 5.10 Å². The van der Waals surface area contributed by atoms with Gasteiger partial charge in [-0.05, 0) is 23.8 Å². The molecule has 0 aliphatic heterocycles. The van der Waals surface area contributed by atoms with E-state index in [2.05, 4.69) is 26.5 Å². The van der Waals surface area contributed by atoms with Crippen molar-refractivity contribution in [3.8, 4) is 0 Å². The van der Waals surface area contributed by atoms with Crippen molar-refractivity contribution in [2.75, 3.05) is 0 Å². The minimum absolute atomic E-state index is 0.678. The van der Waals surface area contributed by atoms with Gasteiger partial charge in [0.1, 0.15) is 0 Å². The lowest BCUT2D eigenvalue weighted by molar-refractivity contribution is 0.249. The third-order valence-electron chi connectivity index (χ3n) is 1.49. The zero-order valence-corrected chi connectivity index (χ0v) is 9.44. The van der Waals surface area contributed by atoms with Gasteiger partial charge in [0.15, 0.2) is 0 Å². The molecule has 0 aliphatic carbocycles. The molecule has 0 fully saturated rings. The number of allylic oxidation sites excluding steroid dienone is 1. The third-order valence-corrected chi connectivity index (χ3v) is 2.02. The number of benzene rings is 1. The van der Waals surface area contributed by atoms with Crippen LogP contribution in [0.1, 0.15) is 5.56 Å². The summed E-state index contributed by atoms with van der Waals surface area (Å²) in [5.74, 6) is 0. The lowest BCUT2D eigenvalue weighted by atomic mass is 10.2. The fraction of sp³-hybridized carbons (Fsp3) is 0. The lowest BCUT2D eigenvalue weighted by Crippen LogP contribution is -2.24. The van der Waals surface area contributed by atoms with Crippen molar-refractivity contribution in [3.63, 3.8) is 0 Å². The van der Waals surface area contributed by atoms with Gasteiger partial charge in [-0.3, -0.25) is 0 Å². The van der Waals surface area contributed by atoms with Gasteiger partial charge in [-0.1, -0.05) is 34.1 Å². The Labute approximate surface area is 96.0 Å². The molecular weight excluding hydrogens is 258 g/mol. The van der Waals surface area contributed by atoms with E-state index in [4.69, 9.17) is 5.73 Å². The largest absolute Gasteiger partial charge is 0.350 e. The molecule has 0 heterocycles. The Bertz CT molecular complexity index is 384. The molecule has 0 radical (unpaired) electrons. The summed E-state index contributed by atoms with van der Waals surface area (Å²) in [6, 6.07) is 7.12. The van der Waals surface area contributed by atoms with Gasteiger partial charge in [0, 0.05) is 10.7 Å². The third kappa shape index (κ3) is 4.97. The quantitative estimate of drug-likeness (QED) is 0.639. The van der Waals surface area contributed by atoms with Crippen LogP contribution in [0.5, 0.6) is 0 Å². The Balaban J connectivity index is 2.47. The van der Waals surface area contributed by atoms with E-state index in [1.165, 1.54) is 6.21 Å². The zero-order chi connectivity index (χ0) is 11.1. The SMILES string of the molecule is NC(=O)N/N=C/C=C/c1ccc(Br)cc1. The van der Waals surface area contributed by atoms with Crippen LogP contribution in [0.15, 0.2) is 39.9 Å². The van der Waals surface area contributed by atoms with Crippen molar-refractivity contribution in [1.82, 2.24) is 5.43 Å². The summed E-state index contributed by atoms with van der Waals surface area (Å²) in [4.78, 5) is 10.2. The molecule has 3 N–H and O–H groups in total. The van der Waals surface area contributed by atoms with E-state index in [1.54, 1.807) is 6.08 Å². The summed E-state index contributed by atoms with van der Waals surface area (Å²) in [7, 11) is 0. The van der Waals surface area contributed by atoms with Gasteiger partial charge in [-0.15, -0.1) is 0 Å². The van der Waals surface area contributed by atoms with Crippen LogP contribution >= 0.6 is 15.9 Å². The number of hydrogen-bond acceptors (Lipinski definition) is 2. The highest BCUT2D eigenvalue weighted by molar-refractivity contribution is 9.10. The molecule has 0 spiro atoms. The van der Waals surface area contributed by atoms with Gasteiger partial charge in [0.2, 0.25) is 0 Å². The van der Waals surface area contributed by atoms with Crippen molar-refractivity contribution in [3.05, 3.63) is 40.4 Å². The highest BCUT2D eigenvalue weighted by Gasteiger charge is 1.86. The first-order valence-corrected chi connectivity index (χ1v) is 4.98. The molecule has 0 aliphatic rings. The van der Waals surface area contributed by atoms with Crippen molar-refractivity contribution in [1.29, 1.82) is 0 Å². The number of hydrogen-bond donors (Lipinski definition) is 2. The second-order valence-corrected chi connectivity index (χ2v) is 3.58. The Morgan fingerprint density at radius 1 is 1.40 bits per heavy atom. The maximum absolute atomic E-state index is 10.2. The molecule has 1 aromatic rings. The average Bonchev–Trinajstić information content (AvgIpc) is 2.20. The van der Waals surface area contributed by atoms with Crippen LogP contribution in [0.25, 0.3) is 6.08 Å². The van der Waals surface area contributed by atoms with Gasteiger partial charge in [0.05, 0.1) is 0 Å². The Hall–Kier alpha value is -1.62. The molecule has 0 saturated carbocycles. The number of hydrazone groups is 1. The van der Waals surface area contributed by atoms with Crippen LogP contribution < -0.4 is 11.2 Å². The monoisotopic (exact) mass is 267 g/mol. The number of halogens is 1. The normalized spacial score (nSPS) is 11.0. The predicted molar refractivity (Wildman–Crippen MR) is 64.4 cm³/mol. The first kappa shape index (κ1) is 11.5. The average molecular weight is 268 g/mol. The number of carbonyl (C=O) groups is 1. The topological polar surface area (TPSA) is 67.5 Å². The van der Waals surface area contributed by atoms with Crippen LogP contribution in [0.4, 0.5) is 4.79 Å². The molecule has 15 heavy (non-hydrogen) atoms. The van der Waals surface area contributed by atoms with Gasteiger partial charge >= 0.3 is 6.03 Å². The van der Waals surface area contributed by atoms with E-state index in [0.29, 0.717) is 0 Å². The maximum atomic E-state index is 10.2. The van der Waals surface area contributed by atoms with Crippen LogP contribution in [-0.4, -0.2) is 12.2 Å². The van der Waals surface area contributed by atoms with Crippen molar-refractivity contribution in [2.45, 2.75) is 0 Å². The Morgan fingerprint density at radius 3 is 2.67 bits per heavy atom.